The van der Waals surface area contributed by atoms with E-state index in [2.05, 4.69) is 24.1 Å². The van der Waals surface area contributed by atoms with E-state index in [-0.39, 0.29) is 11.9 Å². The molecule has 3 nitrogen and oxygen atoms in total. The average molecular weight is 266 g/mol. The van der Waals surface area contributed by atoms with Crippen LogP contribution in [0.2, 0.25) is 0 Å². The Bertz CT molecular complexity index is 405. The minimum atomic E-state index is -0.205. The molecule has 1 aromatic rings. The Hall–Kier alpha value is -1.29. The first kappa shape index (κ1) is 14.1. The van der Waals surface area contributed by atoms with Crippen molar-refractivity contribution in [3.63, 3.8) is 0 Å². The molecule has 4 heteroatoms. The number of nitrogens with zero attached hydrogens (tertiary/aromatic N) is 1. The van der Waals surface area contributed by atoms with Crippen LogP contribution in [0.25, 0.3) is 0 Å². The van der Waals surface area contributed by atoms with Gasteiger partial charge in [0.15, 0.2) is 0 Å². The molecule has 1 N–H and O–H groups in total. The first-order chi connectivity index (χ1) is 9.20. The standard InChI is InChI=1S/C15H23FN2O/c1-3-4-12(2)19-15-6-5-13(16)11-14(15)18-9-7-17-8-10-18/h5-6,11-12,17H,3-4,7-10H2,1-2H3. The minimum Gasteiger partial charge on any atom is -0.489 e. The molecular weight excluding hydrogens is 243 g/mol. The number of benzene rings is 1. The Labute approximate surface area is 114 Å². The average Bonchev–Trinajstić information content (AvgIpc) is 2.42. The summed E-state index contributed by atoms with van der Waals surface area (Å²) in [7, 11) is 0. The van der Waals surface area contributed by atoms with Gasteiger partial charge < -0.3 is 15.0 Å². The molecule has 0 aromatic heterocycles. The van der Waals surface area contributed by atoms with Crippen molar-refractivity contribution in [2.75, 3.05) is 31.1 Å². The molecule has 0 aliphatic carbocycles. The molecule has 0 spiro atoms. The molecule has 19 heavy (non-hydrogen) atoms. The van der Waals surface area contributed by atoms with Crippen molar-refractivity contribution < 1.29 is 9.13 Å². The smallest absolute Gasteiger partial charge is 0.143 e. The first-order valence-corrected chi connectivity index (χ1v) is 7.12. The van der Waals surface area contributed by atoms with Gasteiger partial charge >= 0.3 is 0 Å². The SMILES string of the molecule is CCCC(C)Oc1ccc(F)cc1N1CCNCC1. The second kappa shape index (κ2) is 6.75. The number of ether oxygens (including phenoxy) is 1. The fourth-order valence-electron chi connectivity index (χ4n) is 2.43. The molecule has 1 heterocycles. The molecule has 0 amide bonds. The number of hydrogen-bond donors (Lipinski definition) is 1. The van der Waals surface area contributed by atoms with E-state index in [1.807, 2.05) is 0 Å². The molecular formula is C15H23FN2O. The van der Waals surface area contributed by atoms with E-state index >= 15 is 0 Å². The van der Waals surface area contributed by atoms with Crippen LogP contribution in [-0.2, 0) is 0 Å². The number of piperazine rings is 1. The van der Waals surface area contributed by atoms with Gasteiger partial charge in [0, 0.05) is 32.2 Å². The van der Waals surface area contributed by atoms with Crippen LogP contribution >= 0.6 is 0 Å². The summed E-state index contributed by atoms with van der Waals surface area (Å²) in [4.78, 5) is 2.19. The van der Waals surface area contributed by atoms with Crippen LogP contribution in [0.4, 0.5) is 10.1 Å². The minimum absolute atomic E-state index is 0.164. The number of anilines is 1. The van der Waals surface area contributed by atoms with Crippen molar-refractivity contribution in [2.24, 2.45) is 0 Å². The summed E-state index contributed by atoms with van der Waals surface area (Å²) in [5.41, 5.74) is 0.879. The van der Waals surface area contributed by atoms with Gasteiger partial charge in [-0.2, -0.15) is 0 Å². The largest absolute Gasteiger partial charge is 0.489 e. The molecule has 1 aliphatic rings. The fourth-order valence-corrected chi connectivity index (χ4v) is 2.43. The summed E-state index contributed by atoms with van der Waals surface area (Å²) in [6.07, 6.45) is 2.26. The van der Waals surface area contributed by atoms with Crippen LogP contribution in [0.15, 0.2) is 18.2 Å². The van der Waals surface area contributed by atoms with Crippen molar-refractivity contribution in [1.29, 1.82) is 0 Å². The predicted octanol–water partition coefficient (Wildman–Crippen LogP) is 2.80. The van der Waals surface area contributed by atoms with Gasteiger partial charge in [-0.15, -0.1) is 0 Å². The first-order valence-electron chi connectivity index (χ1n) is 7.12. The fraction of sp³-hybridized carbons (Fsp3) is 0.600. The van der Waals surface area contributed by atoms with E-state index in [9.17, 15) is 4.39 Å². The molecule has 1 fully saturated rings. The van der Waals surface area contributed by atoms with Gasteiger partial charge in [0.1, 0.15) is 11.6 Å². The van der Waals surface area contributed by atoms with Gasteiger partial charge in [-0.3, -0.25) is 0 Å². The van der Waals surface area contributed by atoms with E-state index < -0.39 is 0 Å². The second-order valence-corrected chi connectivity index (χ2v) is 5.07. The van der Waals surface area contributed by atoms with Gasteiger partial charge in [0.2, 0.25) is 0 Å². The summed E-state index contributed by atoms with van der Waals surface area (Å²) >= 11 is 0. The van der Waals surface area contributed by atoms with Crippen molar-refractivity contribution in [1.82, 2.24) is 5.32 Å². The highest BCUT2D eigenvalue weighted by molar-refractivity contribution is 5.59. The molecule has 1 aromatic carbocycles. The Morgan fingerprint density at radius 3 is 2.79 bits per heavy atom. The predicted molar refractivity (Wildman–Crippen MR) is 76.5 cm³/mol. The Balaban J connectivity index is 2.16. The molecule has 0 radical (unpaired) electrons. The molecule has 1 unspecified atom stereocenters. The maximum Gasteiger partial charge on any atom is 0.143 e. The van der Waals surface area contributed by atoms with Crippen LogP contribution in [-0.4, -0.2) is 32.3 Å². The Kier molecular flexibility index (Phi) is 5.02. The summed E-state index contributed by atoms with van der Waals surface area (Å²) in [5, 5.41) is 3.30. The highest BCUT2D eigenvalue weighted by atomic mass is 19.1. The van der Waals surface area contributed by atoms with Crippen molar-refractivity contribution in [3.8, 4) is 5.75 Å². The Morgan fingerprint density at radius 1 is 1.37 bits per heavy atom. The van der Waals surface area contributed by atoms with Crippen molar-refractivity contribution in [2.45, 2.75) is 32.8 Å². The zero-order chi connectivity index (χ0) is 13.7. The normalized spacial score (nSPS) is 17.3. The molecule has 1 aliphatic heterocycles. The molecule has 2 rings (SSSR count). The lowest BCUT2D eigenvalue weighted by atomic mass is 10.2. The third kappa shape index (κ3) is 3.83. The number of hydrogen-bond acceptors (Lipinski definition) is 3. The third-order valence-corrected chi connectivity index (χ3v) is 3.40. The summed E-state index contributed by atoms with van der Waals surface area (Å²) in [6, 6.07) is 4.80. The van der Waals surface area contributed by atoms with Crippen LogP contribution in [0, 0.1) is 5.82 Å². The highest BCUT2D eigenvalue weighted by Gasteiger charge is 2.17. The van der Waals surface area contributed by atoms with E-state index in [0.29, 0.717) is 0 Å². The van der Waals surface area contributed by atoms with Gasteiger partial charge in [-0.1, -0.05) is 13.3 Å². The van der Waals surface area contributed by atoms with E-state index in [1.54, 1.807) is 12.1 Å². The van der Waals surface area contributed by atoms with Gasteiger partial charge in [-0.05, 0) is 25.5 Å². The van der Waals surface area contributed by atoms with Gasteiger partial charge in [0.05, 0.1) is 11.8 Å². The third-order valence-electron chi connectivity index (χ3n) is 3.40. The molecule has 0 saturated carbocycles. The van der Waals surface area contributed by atoms with E-state index in [4.69, 9.17) is 4.74 Å². The number of nitrogens with one attached hydrogen (secondary N) is 1. The maximum absolute atomic E-state index is 13.5. The summed E-state index contributed by atoms with van der Waals surface area (Å²) < 4.78 is 19.5. The zero-order valence-electron chi connectivity index (χ0n) is 11.8. The lowest BCUT2D eigenvalue weighted by molar-refractivity contribution is 0.210. The second-order valence-electron chi connectivity index (χ2n) is 5.07. The monoisotopic (exact) mass is 266 g/mol. The topological polar surface area (TPSA) is 24.5 Å². The molecule has 106 valence electrons. The summed E-state index contributed by atoms with van der Waals surface area (Å²) in [6.45, 7) is 7.85. The van der Waals surface area contributed by atoms with Crippen molar-refractivity contribution >= 4 is 5.69 Å². The highest BCUT2D eigenvalue weighted by Crippen LogP contribution is 2.30. The van der Waals surface area contributed by atoms with Gasteiger partial charge in [0.25, 0.3) is 0 Å². The zero-order valence-corrected chi connectivity index (χ0v) is 11.8. The number of halogens is 1. The molecule has 1 saturated heterocycles. The maximum atomic E-state index is 13.5. The van der Waals surface area contributed by atoms with Crippen LogP contribution in [0.3, 0.4) is 0 Å². The quantitative estimate of drug-likeness (QED) is 0.887. The van der Waals surface area contributed by atoms with E-state index in [0.717, 1.165) is 50.5 Å². The summed E-state index contributed by atoms with van der Waals surface area (Å²) in [5.74, 6) is 0.591. The van der Waals surface area contributed by atoms with Crippen LogP contribution in [0.1, 0.15) is 26.7 Å². The Morgan fingerprint density at radius 2 is 2.11 bits per heavy atom. The van der Waals surface area contributed by atoms with Gasteiger partial charge in [-0.25, -0.2) is 4.39 Å². The lowest BCUT2D eigenvalue weighted by Crippen LogP contribution is -2.43. The van der Waals surface area contributed by atoms with Crippen LogP contribution in [0.5, 0.6) is 5.75 Å². The van der Waals surface area contributed by atoms with E-state index in [1.165, 1.54) is 6.07 Å². The molecule has 1 atom stereocenters. The van der Waals surface area contributed by atoms with Crippen molar-refractivity contribution in [3.05, 3.63) is 24.0 Å². The number of rotatable bonds is 5. The molecule has 0 bridgehead atoms. The van der Waals surface area contributed by atoms with Crippen LogP contribution < -0.4 is 15.0 Å². The lowest BCUT2D eigenvalue weighted by Gasteiger charge is -2.31.